The Labute approximate surface area is 113 Å². The zero-order valence-electron chi connectivity index (χ0n) is 10.1. The Balaban J connectivity index is 2.29. The standard InChI is InChI=1S/C15H18.Zr/c1-4-13(14-9-5-7-11(14)2)15-10-6-8-12(15)3;/h1,5-8,13H,4,9-10H2,2-3H3;. The average Bonchev–Trinajstić information content (AvgIpc) is 2.84. The van der Waals surface area contributed by atoms with Crippen LogP contribution >= 0.6 is 0 Å². The van der Waals surface area contributed by atoms with Crippen molar-refractivity contribution in [2.75, 3.05) is 0 Å². The molecule has 0 saturated carbocycles. The van der Waals surface area contributed by atoms with Gasteiger partial charge in [-0.1, -0.05) is 0 Å². The first-order valence-electron chi connectivity index (χ1n) is 5.95. The Morgan fingerprint density at radius 2 is 1.62 bits per heavy atom. The van der Waals surface area contributed by atoms with Gasteiger partial charge in [-0.3, -0.25) is 0 Å². The third-order valence-corrected chi connectivity index (χ3v) is 4.20. The Bertz CT molecular complexity index is 383. The van der Waals surface area contributed by atoms with E-state index < -0.39 is 0 Å². The summed E-state index contributed by atoms with van der Waals surface area (Å²) in [7, 11) is 0. The monoisotopic (exact) mass is 288 g/mol. The molecule has 0 aromatic rings. The molecule has 2 rings (SSSR count). The third-order valence-electron chi connectivity index (χ3n) is 3.62. The molecule has 0 spiro atoms. The van der Waals surface area contributed by atoms with Gasteiger partial charge in [-0.05, 0) is 0 Å². The van der Waals surface area contributed by atoms with E-state index >= 15 is 0 Å². The summed E-state index contributed by atoms with van der Waals surface area (Å²) in [5.41, 5.74) is 6.29. The molecule has 0 nitrogen and oxygen atoms in total. The minimum atomic E-state index is 0.671. The van der Waals surface area contributed by atoms with E-state index in [1.807, 2.05) is 0 Å². The summed E-state index contributed by atoms with van der Waals surface area (Å²) in [5, 5.41) is 0. The fraction of sp³-hybridized carbons (Fsp3) is 0.400. The molecule has 0 bridgehead atoms. The Kier molecular flexibility index (Phi) is 4.08. The van der Waals surface area contributed by atoms with Crippen LogP contribution in [0.4, 0.5) is 0 Å². The topological polar surface area (TPSA) is 0 Å². The van der Waals surface area contributed by atoms with E-state index in [1.165, 1.54) is 17.6 Å². The molecule has 0 saturated heterocycles. The number of rotatable bonds is 4. The van der Waals surface area contributed by atoms with Crippen molar-refractivity contribution in [2.45, 2.75) is 33.1 Å². The predicted molar refractivity (Wildman–Crippen MR) is 67.1 cm³/mol. The van der Waals surface area contributed by atoms with Crippen LogP contribution in [0.15, 0.2) is 46.6 Å². The summed E-state index contributed by atoms with van der Waals surface area (Å²) in [6, 6.07) is 0. The Morgan fingerprint density at radius 3 is 1.94 bits per heavy atom. The molecule has 2 aliphatic rings. The van der Waals surface area contributed by atoms with Crippen LogP contribution in [0.5, 0.6) is 0 Å². The third kappa shape index (κ3) is 2.35. The molecule has 82 valence electrons. The molecule has 0 aromatic heterocycles. The van der Waals surface area contributed by atoms with Gasteiger partial charge < -0.3 is 0 Å². The fourth-order valence-electron chi connectivity index (χ4n) is 2.71. The van der Waals surface area contributed by atoms with Crippen molar-refractivity contribution in [1.82, 2.24) is 0 Å². The van der Waals surface area contributed by atoms with Gasteiger partial charge in [-0.25, -0.2) is 0 Å². The molecule has 0 radical (unpaired) electrons. The quantitative estimate of drug-likeness (QED) is 0.736. The maximum atomic E-state index is 2.40. The van der Waals surface area contributed by atoms with Crippen LogP contribution in [-0.2, 0) is 24.2 Å². The zero-order valence-corrected chi connectivity index (χ0v) is 12.5. The van der Waals surface area contributed by atoms with Crippen LogP contribution in [-0.4, -0.2) is 3.71 Å². The molecule has 0 aromatic carbocycles. The van der Waals surface area contributed by atoms with Crippen LogP contribution in [0.1, 0.15) is 33.1 Å². The number of hydrogen-bond acceptors (Lipinski definition) is 0. The molecule has 0 aliphatic heterocycles. The summed E-state index contributed by atoms with van der Waals surface area (Å²) in [6.07, 6.45) is 12.7. The maximum absolute atomic E-state index is 2.40. The van der Waals surface area contributed by atoms with Gasteiger partial charge in [0, 0.05) is 0 Å². The van der Waals surface area contributed by atoms with Crippen molar-refractivity contribution in [1.29, 1.82) is 0 Å². The first-order valence-corrected chi connectivity index (χ1v) is 7.37. The molecule has 1 heteroatoms. The van der Waals surface area contributed by atoms with Gasteiger partial charge in [0.2, 0.25) is 0 Å². The molecule has 16 heavy (non-hydrogen) atoms. The molecule has 0 fully saturated rings. The van der Waals surface area contributed by atoms with E-state index in [2.05, 4.69) is 41.9 Å². The van der Waals surface area contributed by atoms with E-state index in [9.17, 15) is 0 Å². The van der Waals surface area contributed by atoms with Crippen LogP contribution in [0.25, 0.3) is 0 Å². The van der Waals surface area contributed by atoms with E-state index in [-0.39, 0.29) is 0 Å². The first-order chi connectivity index (χ1) is 7.74. The summed E-state index contributed by atoms with van der Waals surface area (Å²) in [4.78, 5) is 0. The van der Waals surface area contributed by atoms with Crippen molar-refractivity contribution in [3.05, 3.63) is 46.6 Å². The van der Waals surface area contributed by atoms with Crippen LogP contribution in [0.3, 0.4) is 0 Å². The molecule has 0 heterocycles. The summed E-state index contributed by atoms with van der Waals surface area (Å²) >= 11 is 1.54. The van der Waals surface area contributed by atoms with Gasteiger partial charge in [0.05, 0.1) is 0 Å². The van der Waals surface area contributed by atoms with Crippen LogP contribution in [0.2, 0.25) is 0 Å². The minimum absolute atomic E-state index is 0.671. The second-order valence-corrected chi connectivity index (χ2v) is 5.63. The van der Waals surface area contributed by atoms with Crippen molar-refractivity contribution < 1.29 is 24.2 Å². The Hall–Kier alpha value is -0.287. The van der Waals surface area contributed by atoms with Crippen molar-refractivity contribution in [2.24, 2.45) is 5.92 Å². The molecular formula is C15H18Zr. The van der Waals surface area contributed by atoms with Crippen molar-refractivity contribution in [3.63, 3.8) is 0 Å². The SMILES string of the molecule is CC1=C(C(C[CH]=[Zr])C2=C(C)C=CC2)CC=C1. The summed E-state index contributed by atoms with van der Waals surface area (Å²) in [6.45, 7) is 4.51. The van der Waals surface area contributed by atoms with Gasteiger partial charge >= 0.3 is 114 Å². The summed E-state index contributed by atoms with van der Waals surface area (Å²) in [5.74, 6) is 0.671. The van der Waals surface area contributed by atoms with E-state index in [1.54, 1.807) is 35.4 Å². The first kappa shape index (κ1) is 12.2. The molecule has 0 unspecified atom stereocenters. The zero-order chi connectivity index (χ0) is 11.5. The normalized spacial score (nSPS) is 19.4. The van der Waals surface area contributed by atoms with Crippen molar-refractivity contribution >= 4 is 3.71 Å². The second-order valence-electron chi connectivity index (χ2n) is 4.62. The van der Waals surface area contributed by atoms with Crippen LogP contribution in [0, 0.1) is 5.92 Å². The van der Waals surface area contributed by atoms with Crippen molar-refractivity contribution in [3.8, 4) is 0 Å². The molecule has 0 N–H and O–H groups in total. The van der Waals surface area contributed by atoms with E-state index in [0.717, 1.165) is 12.8 Å². The van der Waals surface area contributed by atoms with Gasteiger partial charge in [0.25, 0.3) is 0 Å². The summed E-state index contributed by atoms with van der Waals surface area (Å²) < 4.78 is 2.40. The number of allylic oxidation sites excluding steroid dienone is 8. The van der Waals surface area contributed by atoms with Crippen LogP contribution < -0.4 is 0 Å². The molecule has 0 amide bonds. The molecular weight excluding hydrogens is 271 g/mol. The Morgan fingerprint density at radius 1 is 1.12 bits per heavy atom. The molecule has 2 aliphatic carbocycles. The van der Waals surface area contributed by atoms with Gasteiger partial charge in [0.1, 0.15) is 0 Å². The van der Waals surface area contributed by atoms with Gasteiger partial charge in [0.15, 0.2) is 0 Å². The van der Waals surface area contributed by atoms with Gasteiger partial charge in [-0.2, -0.15) is 0 Å². The van der Waals surface area contributed by atoms with Gasteiger partial charge in [-0.15, -0.1) is 0 Å². The van der Waals surface area contributed by atoms with E-state index in [0.29, 0.717) is 5.92 Å². The number of hydrogen-bond donors (Lipinski definition) is 0. The predicted octanol–water partition coefficient (Wildman–Crippen LogP) is 3.89. The second kappa shape index (κ2) is 5.36. The molecule has 0 atom stereocenters. The average molecular weight is 290 g/mol. The fourth-order valence-corrected chi connectivity index (χ4v) is 3.29. The van der Waals surface area contributed by atoms with E-state index in [4.69, 9.17) is 0 Å².